The van der Waals surface area contributed by atoms with Crippen LogP contribution in [0.4, 0.5) is 0 Å². The third-order valence-corrected chi connectivity index (χ3v) is 5.51. The number of aryl methyl sites for hydroxylation is 2. The number of nitrogens with zero attached hydrogens (tertiary/aromatic N) is 1. The first kappa shape index (κ1) is 16.1. The van der Waals surface area contributed by atoms with Crippen LogP contribution in [0.1, 0.15) is 21.7 Å². The van der Waals surface area contributed by atoms with Crippen LogP contribution < -0.4 is 10.0 Å². The number of sulfonamides is 1. The topological polar surface area (TPSA) is 71.1 Å². The lowest BCUT2D eigenvalue weighted by Crippen LogP contribution is -2.24. The van der Waals surface area contributed by atoms with Gasteiger partial charge in [0.2, 0.25) is 10.0 Å². The molecule has 0 saturated carbocycles. The number of thiazole rings is 1. The Labute approximate surface area is 129 Å². The molecule has 0 radical (unpaired) electrons. The fraction of sp³-hybridized carbons (Fsp3) is 0.357. The van der Waals surface area contributed by atoms with Gasteiger partial charge in [-0.25, -0.2) is 18.1 Å². The summed E-state index contributed by atoms with van der Waals surface area (Å²) in [5.74, 6) is 0. The van der Waals surface area contributed by atoms with E-state index in [4.69, 9.17) is 0 Å². The Balaban J connectivity index is 2.28. The van der Waals surface area contributed by atoms with Gasteiger partial charge < -0.3 is 5.32 Å². The lowest BCUT2D eigenvalue weighted by Gasteiger charge is -2.13. The van der Waals surface area contributed by atoms with Crippen molar-refractivity contribution in [3.8, 4) is 0 Å². The summed E-state index contributed by atoms with van der Waals surface area (Å²) in [5, 5.41) is 5.63. The maximum atomic E-state index is 12.5. The van der Waals surface area contributed by atoms with Gasteiger partial charge in [-0.2, -0.15) is 0 Å². The van der Waals surface area contributed by atoms with E-state index in [-0.39, 0.29) is 6.54 Å². The second-order valence-corrected chi connectivity index (χ2v) is 7.54. The van der Waals surface area contributed by atoms with Gasteiger partial charge in [-0.1, -0.05) is 6.07 Å². The van der Waals surface area contributed by atoms with Crippen LogP contribution >= 0.6 is 11.3 Å². The van der Waals surface area contributed by atoms with Crippen LogP contribution in [0, 0.1) is 13.8 Å². The van der Waals surface area contributed by atoms with E-state index in [1.165, 1.54) is 11.3 Å². The Morgan fingerprint density at radius 3 is 2.57 bits per heavy atom. The molecule has 0 aliphatic rings. The van der Waals surface area contributed by atoms with Gasteiger partial charge in [0.1, 0.15) is 5.01 Å². The number of hydrogen-bond acceptors (Lipinski definition) is 5. The summed E-state index contributed by atoms with van der Waals surface area (Å²) in [4.78, 5) is 4.41. The second kappa shape index (κ2) is 6.65. The first-order chi connectivity index (χ1) is 9.94. The third kappa shape index (κ3) is 3.88. The average Bonchev–Trinajstić information content (AvgIpc) is 2.93. The van der Waals surface area contributed by atoms with Crippen molar-refractivity contribution in [2.45, 2.75) is 31.8 Å². The van der Waals surface area contributed by atoms with Crippen molar-refractivity contribution in [3.05, 3.63) is 45.4 Å². The first-order valence-electron chi connectivity index (χ1n) is 6.57. The minimum Gasteiger partial charge on any atom is -0.316 e. The van der Waals surface area contributed by atoms with Crippen molar-refractivity contribution in [2.24, 2.45) is 0 Å². The fourth-order valence-electron chi connectivity index (χ4n) is 2.12. The standard InChI is InChI=1S/C14H19N3O2S2/c1-10-6-11(2)13(7-12(10)8-15-3)21(18,19)17-9-14-16-4-5-20-14/h4-7,15,17H,8-9H2,1-3H3. The first-order valence-corrected chi connectivity index (χ1v) is 8.93. The third-order valence-electron chi connectivity index (χ3n) is 3.19. The quantitative estimate of drug-likeness (QED) is 0.852. The van der Waals surface area contributed by atoms with E-state index < -0.39 is 10.0 Å². The fourth-order valence-corrected chi connectivity index (χ4v) is 4.03. The van der Waals surface area contributed by atoms with Gasteiger partial charge in [-0.05, 0) is 43.7 Å². The molecule has 0 saturated heterocycles. The van der Waals surface area contributed by atoms with Crippen LogP contribution in [0.3, 0.4) is 0 Å². The predicted octanol–water partition coefficient (Wildman–Crippen LogP) is 1.96. The zero-order valence-electron chi connectivity index (χ0n) is 12.3. The Hall–Kier alpha value is -1.28. The molecule has 0 atom stereocenters. The van der Waals surface area contributed by atoms with Gasteiger partial charge in [-0.15, -0.1) is 11.3 Å². The molecular formula is C14H19N3O2S2. The molecule has 1 aromatic carbocycles. The lowest BCUT2D eigenvalue weighted by molar-refractivity contribution is 0.580. The highest BCUT2D eigenvalue weighted by Gasteiger charge is 2.18. The Bertz CT molecular complexity index is 710. The van der Waals surface area contributed by atoms with Crippen molar-refractivity contribution in [1.29, 1.82) is 0 Å². The number of benzene rings is 1. The minimum absolute atomic E-state index is 0.217. The van der Waals surface area contributed by atoms with Crippen LogP contribution in [0.15, 0.2) is 28.6 Å². The predicted molar refractivity (Wildman–Crippen MR) is 84.8 cm³/mol. The van der Waals surface area contributed by atoms with Crippen molar-refractivity contribution in [1.82, 2.24) is 15.0 Å². The molecule has 2 N–H and O–H groups in total. The number of aromatic nitrogens is 1. The molecule has 2 aromatic rings. The summed E-state index contributed by atoms with van der Waals surface area (Å²) >= 11 is 1.43. The number of hydrogen-bond donors (Lipinski definition) is 2. The van der Waals surface area contributed by atoms with Crippen LogP contribution in [0.25, 0.3) is 0 Å². The van der Waals surface area contributed by atoms with Crippen LogP contribution in [-0.4, -0.2) is 20.4 Å². The largest absolute Gasteiger partial charge is 0.316 e. The molecule has 0 aliphatic heterocycles. The minimum atomic E-state index is -3.54. The molecule has 0 fully saturated rings. The zero-order valence-corrected chi connectivity index (χ0v) is 13.9. The normalized spacial score (nSPS) is 11.8. The number of rotatable bonds is 6. The van der Waals surface area contributed by atoms with Gasteiger partial charge in [0.05, 0.1) is 11.4 Å². The Morgan fingerprint density at radius 1 is 1.19 bits per heavy atom. The summed E-state index contributed by atoms with van der Waals surface area (Å²) in [5.41, 5.74) is 2.82. The van der Waals surface area contributed by atoms with E-state index in [1.54, 1.807) is 12.3 Å². The van der Waals surface area contributed by atoms with E-state index in [1.807, 2.05) is 32.3 Å². The molecule has 1 aromatic heterocycles. The van der Waals surface area contributed by atoms with Crippen molar-refractivity contribution < 1.29 is 8.42 Å². The molecule has 2 rings (SSSR count). The van der Waals surface area contributed by atoms with Crippen molar-refractivity contribution in [2.75, 3.05) is 7.05 Å². The average molecular weight is 325 g/mol. The molecule has 0 aliphatic carbocycles. The molecule has 7 heteroatoms. The molecule has 21 heavy (non-hydrogen) atoms. The highest BCUT2D eigenvalue weighted by atomic mass is 32.2. The zero-order chi connectivity index (χ0) is 15.5. The van der Waals surface area contributed by atoms with E-state index in [0.717, 1.165) is 21.7 Å². The monoisotopic (exact) mass is 325 g/mol. The highest BCUT2D eigenvalue weighted by Crippen LogP contribution is 2.21. The lowest BCUT2D eigenvalue weighted by atomic mass is 10.1. The second-order valence-electron chi connectivity index (χ2n) is 4.82. The summed E-state index contributed by atoms with van der Waals surface area (Å²) in [6, 6.07) is 3.65. The van der Waals surface area contributed by atoms with Gasteiger partial charge >= 0.3 is 0 Å². The molecular weight excluding hydrogens is 306 g/mol. The van der Waals surface area contributed by atoms with E-state index >= 15 is 0 Å². The summed E-state index contributed by atoms with van der Waals surface area (Å²) in [6.45, 7) is 4.66. The van der Waals surface area contributed by atoms with Gasteiger partial charge in [0.15, 0.2) is 0 Å². The molecule has 0 unspecified atom stereocenters. The molecule has 0 amide bonds. The maximum Gasteiger partial charge on any atom is 0.241 e. The van der Waals surface area contributed by atoms with Crippen LogP contribution in [0.5, 0.6) is 0 Å². The maximum absolute atomic E-state index is 12.5. The van der Waals surface area contributed by atoms with Gasteiger partial charge in [0.25, 0.3) is 0 Å². The molecule has 114 valence electrons. The van der Waals surface area contributed by atoms with E-state index in [9.17, 15) is 8.42 Å². The SMILES string of the molecule is CNCc1cc(S(=O)(=O)NCc2nccs2)c(C)cc1C. The Kier molecular flexibility index (Phi) is 5.10. The van der Waals surface area contributed by atoms with Crippen LogP contribution in [-0.2, 0) is 23.1 Å². The molecule has 1 heterocycles. The summed E-state index contributed by atoms with van der Waals surface area (Å²) < 4.78 is 27.5. The summed E-state index contributed by atoms with van der Waals surface area (Å²) in [6.07, 6.45) is 1.66. The van der Waals surface area contributed by atoms with Crippen molar-refractivity contribution in [3.63, 3.8) is 0 Å². The molecule has 0 bridgehead atoms. The Morgan fingerprint density at radius 2 is 1.95 bits per heavy atom. The molecule has 0 spiro atoms. The summed E-state index contributed by atoms with van der Waals surface area (Å²) in [7, 11) is -1.69. The van der Waals surface area contributed by atoms with E-state index in [0.29, 0.717) is 11.4 Å². The smallest absolute Gasteiger partial charge is 0.241 e. The molecule has 5 nitrogen and oxygen atoms in total. The van der Waals surface area contributed by atoms with Gasteiger partial charge in [0, 0.05) is 18.1 Å². The van der Waals surface area contributed by atoms with Crippen molar-refractivity contribution >= 4 is 21.4 Å². The van der Waals surface area contributed by atoms with Crippen LogP contribution in [0.2, 0.25) is 0 Å². The highest BCUT2D eigenvalue weighted by molar-refractivity contribution is 7.89. The van der Waals surface area contributed by atoms with Gasteiger partial charge in [-0.3, -0.25) is 0 Å². The van der Waals surface area contributed by atoms with E-state index in [2.05, 4.69) is 15.0 Å². The number of nitrogens with one attached hydrogen (secondary N) is 2.